The average molecular weight is 488 g/mol. The molecule has 2 bridgehead atoms. The molecule has 3 aliphatic carbocycles. The third-order valence-corrected chi connectivity index (χ3v) is 11.8. The van der Waals surface area contributed by atoms with E-state index in [2.05, 4.69) is 32.6 Å². The van der Waals surface area contributed by atoms with Gasteiger partial charge in [0.25, 0.3) is 0 Å². The summed E-state index contributed by atoms with van der Waals surface area (Å²) >= 11 is 0. The van der Waals surface area contributed by atoms with Crippen LogP contribution in [-0.4, -0.2) is 54.5 Å². The molecule has 6 fully saturated rings. The first kappa shape index (κ1) is 24.2. The lowest BCUT2D eigenvalue weighted by atomic mass is 9.37. The molecule has 196 valence electrons. The third kappa shape index (κ3) is 3.02. The highest BCUT2D eigenvalue weighted by molar-refractivity contribution is 5.74. The lowest BCUT2D eigenvalue weighted by Gasteiger charge is -2.68. The number of esters is 2. The van der Waals surface area contributed by atoms with Crippen molar-refractivity contribution in [2.24, 2.45) is 39.9 Å². The van der Waals surface area contributed by atoms with Crippen molar-refractivity contribution in [2.75, 3.05) is 13.7 Å². The maximum atomic E-state index is 13.3. The van der Waals surface area contributed by atoms with Gasteiger partial charge in [-0.25, -0.2) is 0 Å². The Morgan fingerprint density at radius 1 is 1.09 bits per heavy atom. The molecule has 6 rings (SSSR count). The van der Waals surface area contributed by atoms with Crippen LogP contribution in [-0.2, 0) is 23.8 Å². The number of nitrogens with zero attached hydrogens (tertiary/aromatic N) is 1. The highest BCUT2D eigenvalue weighted by Crippen LogP contribution is 2.76. The Labute approximate surface area is 210 Å². The molecule has 6 aliphatic rings. The van der Waals surface area contributed by atoms with Gasteiger partial charge in [0.15, 0.2) is 0 Å². The van der Waals surface area contributed by atoms with Crippen molar-refractivity contribution < 1.29 is 23.8 Å². The summed E-state index contributed by atoms with van der Waals surface area (Å²) in [6, 6.07) is 0.301. The van der Waals surface area contributed by atoms with Gasteiger partial charge in [0.05, 0.1) is 24.0 Å². The van der Waals surface area contributed by atoms with Gasteiger partial charge >= 0.3 is 11.9 Å². The Morgan fingerprint density at radius 2 is 1.86 bits per heavy atom. The van der Waals surface area contributed by atoms with Crippen molar-refractivity contribution in [3.8, 4) is 0 Å². The van der Waals surface area contributed by atoms with E-state index in [-0.39, 0.29) is 58.0 Å². The van der Waals surface area contributed by atoms with Crippen LogP contribution in [0, 0.1) is 39.9 Å². The molecule has 0 aromatic heterocycles. The number of ether oxygens (including phenoxy) is 3. The zero-order valence-electron chi connectivity index (χ0n) is 22.6. The van der Waals surface area contributed by atoms with Crippen LogP contribution < -0.4 is 0 Å². The Morgan fingerprint density at radius 3 is 2.54 bits per heavy atom. The van der Waals surface area contributed by atoms with E-state index < -0.39 is 0 Å². The SMILES string of the molecule is CCCC(=O)OC1CC2C(C)(C)CCCC2(C)C2CCC(C(=O)OC)C3C4CC5(C)CN4C(O5)C132. The summed E-state index contributed by atoms with van der Waals surface area (Å²) in [7, 11) is 1.53. The predicted molar refractivity (Wildman–Crippen MR) is 131 cm³/mol. The summed E-state index contributed by atoms with van der Waals surface area (Å²) in [4.78, 5) is 29.0. The van der Waals surface area contributed by atoms with Crippen LogP contribution in [0.25, 0.3) is 0 Å². The van der Waals surface area contributed by atoms with Crippen molar-refractivity contribution >= 4 is 11.9 Å². The standard InChI is InChI=1S/C29H45NO5/c1-7-9-22(31)34-21-14-20-26(2,3)12-8-13-28(20,5)19-11-10-17(24(32)33-6)23-18-15-27(4)16-30(18)25(35-27)29(19,21)23/h17-21,23,25H,7-16H2,1-6H3. The van der Waals surface area contributed by atoms with Gasteiger partial charge in [0.2, 0.25) is 0 Å². The molecule has 6 nitrogen and oxygen atoms in total. The predicted octanol–water partition coefficient (Wildman–Crippen LogP) is 4.94. The summed E-state index contributed by atoms with van der Waals surface area (Å²) in [5.41, 5.74) is -0.157. The summed E-state index contributed by atoms with van der Waals surface area (Å²) in [5.74, 6) is 0.662. The zero-order valence-corrected chi connectivity index (χ0v) is 22.6. The van der Waals surface area contributed by atoms with Crippen LogP contribution in [0.2, 0.25) is 0 Å². The number of hydrogen-bond acceptors (Lipinski definition) is 6. The van der Waals surface area contributed by atoms with Gasteiger partial charge in [-0.2, -0.15) is 0 Å². The number of fused-ring (bicyclic) bond motifs is 4. The molecule has 3 saturated heterocycles. The fourth-order valence-electron chi connectivity index (χ4n) is 10.9. The largest absolute Gasteiger partial charge is 0.469 e. The van der Waals surface area contributed by atoms with Gasteiger partial charge in [-0.05, 0) is 74.5 Å². The quantitative estimate of drug-likeness (QED) is 0.524. The molecule has 0 aromatic carbocycles. The minimum absolute atomic E-state index is 0.0732. The second-order valence-electron chi connectivity index (χ2n) is 14.0. The van der Waals surface area contributed by atoms with E-state index in [1.165, 1.54) is 26.4 Å². The van der Waals surface area contributed by atoms with Gasteiger partial charge in [0.1, 0.15) is 12.3 Å². The molecule has 0 N–H and O–H groups in total. The lowest BCUT2D eigenvalue weighted by molar-refractivity contribution is -0.268. The maximum absolute atomic E-state index is 13.3. The van der Waals surface area contributed by atoms with Crippen molar-refractivity contribution in [3.05, 3.63) is 0 Å². The number of rotatable bonds is 4. The Bertz CT molecular complexity index is 919. The Hall–Kier alpha value is -1.14. The van der Waals surface area contributed by atoms with Crippen LogP contribution in [0.3, 0.4) is 0 Å². The first-order valence-corrected chi connectivity index (χ1v) is 14.2. The van der Waals surface area contributed by atoms with Crippen LogP contribution >= 0.6 is 0 Å². The molecule has 35 heavy (non-hydrogen) atoms. The van der Waals surface area contributed by atoms with Gasteiger partial charge in [0, 0.05) is 24.9 Å². The van der Waals surface area contributed by atoms with E-state index in [9.17, 15) is 9.59 Å². The van der Waals surface area contributed by atoms with E-state index in [1.807, 2.05) is 6.92 Å². The smallest absolute Gasteiger partial charge is 0.309 e. The summed E-state index contributed by atoms with van der Waals surface area (Å²) < 4.78 is 18.9. The number of carbonyl (C=O) groups excluding carboxylic acids is 2. The zero-order chi connectivity index (χ0) is 25.0. The molecule has 3 saturated carbocycles. The van der Waals surface area contributed by atoms with Crippen molar-refractivity contribution in [2.45, 2.75) is 116 Å². The molecule has 0 aromatic rings. The minimum atomic E-state index is -0.349. The molecular formula is C29H45NO5. The van der Waals surface area contributed by atoms with E-state index in [4.69, 9.17) is 14.2 Å². The second-order valence-corrected chi connectivity index (χ2v) is 14.0. The Balaban J connectivity index is 1.54. The summed E-state index contributed by atoms with van der Waals surface area (Å²) in [6.45, 7) is 12.6. The monoisotopic (exact) mass is 487 g/mol. The second kappa shape index (κ2) is 7.69. The summed E-state index contributed by atoms with van der Waals surface area (Å²) in [6.07, 6.45) is 8.33. The lowest BCUT2D eigenvalue weighted by Crippen LogP contribution is -2.69. The molecule has 0 amide bonds. The topological polar surface area (TPSA) is 65.1 Å². The maximum Gasteiger partial charge on any atom is 0.309 e. The first-order valence-electron chi connectivity index (χ1n) is 14.2. The van der Waals surface area contributed by atoms with Crippen molar-refractivity contribution in [3.63, 3.8) is 0 Å². The molecule has 10 unspecified atom stereocenters. The van der Waals surface area contributed by atoms with Crippen molar-refractivity contribution in [1.82, 2.24) is 4.90 Å². The fourth-order valence-corrected chi connectivity index (χ4v) is 10.9. The third-order valence-electron chi connectivity index (χ3n) is 11.8. The average Bonchev–Trinajstić information content (AvgIpc) is 3.36. The highest BCUT2D eigenvalue weighted by atomic mass is 16.6. The van der Waals surface area contributed by atoms with Crippen LogP contribution in [0.1, 0.15) is 92.4 Å². The van der Waals surface area contributed by atoms with Crippen LogP contribution in [0.4, 0.5) is 0 Å². The molecule has 3 heterocycles. The molecular weight excluding hydrogens is 442 g/mol. The highest BCUT2D eigenvalue weighted by Gasteiger charge is 2.81. The van der Waals surface area contributed by atoms with Gasteiger partial charge in [-0.1, -0.05) is 34.1 Å². The van der Waals surface area contributed by atoms with Crippen LogP contribution in [0.5, 0.6) is 0 Å². The van der Waals surface area contributed by atoms with E-state index in [0.29, 0.717) is 24.3 Å². The molecule has 0 radical (unpaired) electrons. The Kier molecular flexibility index (Phi) is 5.32. The van der Waals surface area contributed by atoms with Gasteiger partial charge < -0.3 is 14.2 Å². The van der Waals surface area contributed by atoms with Gasteiger partial charge in [-0.15, -0.1) is 0 Å². The van der Waals surface area contributed by atoms with Crippen LogP contribution in [0.15, 0.2) is 0 Å². The molecule has 1 spiro atoms. The minimum Gasteiger partial charge on any atom is -0.469 e. The first-order chi connectivity index (χ1) is 16.5. The normalized spacial score (nSPS) is 51.3. The number of carbonyl (C=O) groups is 2. The molecule has 3 aliphatic heterocycles. The molecule has 6 heteroatoms. The number of methoxy groups -OCH3 is 1. The summed E-state index contributed by atoms with van der Waals surface area (Å²) in [5, 5.41) is 0. The number of hydrogen-bond donors (Lipinski definition) is 0. The van der Waals surface area contributed by atoms with E-state index >= 15 is 0 Å². The van der Waals surface area contributed by atoms with E-state index in [1.54, 1.807) is 0 Å². The van der Waals surface area contributed by atoms with E-state index in [0.717, 1.165) is 38.6 Å². The van der Waals surface area contributed by atoms with Gasteiger partial charge in [-0.3, -0.25) is 14.5 Å². The fraction of sp³-hybridized carbons (Fsp3) is 0.931. The molecule has 10 atom stereocenters. The van der Waals surface area contributed by atoms with Crippen molar-refractivity contribution in [1.29, 1.82) is 0 Å².